The Morgan fingerprint density at radius 3 is 2.25 bits per heavy atom. The molecule has 1 aromatic rings. The fourth-order valence-corrected chi connectivity index (χ4v) is 1.89. The Balaban J connectivity index is 2.46. The molecule has 110 valence electrons. The highest BCUT2D eigenvalue weighted by atomic mass is 19.2. The van der Waals surface area contributed by atoms with Crippen LogP contribution >= 0.6 is 0 Å². The molecule has 2 rings (SSSR count). The summed E-state index contributed by atoms with van der Waals surface area (Å²) in [6.45, 7) is 0.381. The van der Waals surface area contributed by atoms with Crippen molar-refractivity contribution in [2.24, 2.45) is 0 Å². The molecule has 8 heteroatoms. The predicted molar refractivity (Wildman–Crippen MR) is 60.2 cm³/mol. The van der Waals surface area contributed by atoms with E-state index in [1.54, 1.807) is 0 Å². The van der Waals surface area contributed by atoms with Gasteiger partial charge in [0.2, 0.25) is 0 Å². The largest absolute Gasteiger partial charge is 0.465 e. The standard InChI is InChI=1S/C12H11F4NO3/c1-19-12(18)6-7(13)9(15)11(10(16)8(6)14)17-5-3-2-4-20-5/h5,17H,2-4H2,1H3. The molecule has 20 heavy (non-hydrogen) atoms. The minimum Gasteiger partial charge on any atom is -0.465 e. The summed E-state index contributed by atoms with van der Waals surface area (Å²) in [5.74, 6) is -8.51. The lowest BCUT2D eigenvalue weighted by atomic mass is 10.1. The number of hydrogen-bond donors (Lipinski definition) is 1. The van der Waals surface area contributed by atoms with Crippen LogP contribution in [0.1, 0.15) is 23.2 Å². The number of ether oxygens (including phenoxy) is 2. The highest BCUT2D eigenvalue weighted by molar-refractivity contribution is 5.90. The van der Waals surface area contributed by atoms with Crippen molar-refractivity contribution >= 4 is 11.7 Å². The van der Waals surface area contributed by atoms with Gasteiger partial charge in [-0.1, -0.05) is 0 Å². The summed E-state index contributed by atoms with van der Waals surface area (Å²) in [5, 5.41) is 2.24. The van der Waals surface area contributed by atoms with Crippen LogP contribution in [-0.4, -0.2) is 25.9 Å². The molecular formula is C12H11F4NO3. The van der Waals surface area contributed by atoms with Crippen LogP contribution in [0.5, 0.6) is 0 Å². The Kier molecular flexibility index (Phi) is 4.12. The van der Waals surface area contributed by atoms with Gasteiger partial charge in [0.15, 0.2) is 23.3 Å². The third-order valence-electron chi connectivity index (χ3n) is 2.89. The van der Waals surface area contributed by atoms with Crippen molar-refractivity contribution < 1.29 is 31.8 Å². The quantitative estimate of drug-likeness (QED) is 0.528. The third kappa shape index (κ3) is 2.43. The molecule has 0 aliphatic carbocycles. The van der Waals surface area contributed by atoms with Crippen molar-refractivity contribution in [3.8, 4) is 0 Å². The second kappa shape index (κ2) is 5.66. The van der Waals surface area contributed by atoms with Gasteiger partial charge >= 0.3 is 5.97 Å². The van der Waals surface area contributed by atoms with Crippen molar-refractivity contribution in [3.05, 3.63) is 28.8 Å². The van der Waals surface area contributed by atoms with Gasteiger partial charge < -0.3 is 14.8 Å². The highest BCUT2D eigenvalue weighted by Gasteiger charge is 2.31. The van der Waals surface area contributed by atoms with Crippen LogP contribution in [0.4, 0.5) is 23.2 Å². The van der Waals surface area contributed by atoms with Gasteiger partial charge in [0.05, 0.1) is 7.11 Å². The highest BCUT2D eigenvalue weighted by Crippen LogP contribution is 2.30. The van der Waals surface area contributed by atoms with Gasteiger partial charge in [-0.05, 0) is 12.8 Å². The average Bonchev–Trinajstić information content (AvgIpc) is 2.94. The van der Waals surface area contributed by atoms with E-state index in [2.05, 4.69) is 10.1 Å². The second-order valence-electron chi connectivity index (χ2n) is 4.14. The Morgan fingerprint density at radius 2 is 1.80 bits per heavy atom. The zero-order chi connectivity index (χ0) is 14.9. The molecule has 1 aromatic carbocycles. The molecule has 0 bridgehead atoms. The molecule has 1 unspecified atom stereocenters. The number of esters is 1. The van der Waals surface area contributed by atoms with Crippen LogP contribution in [0, 0.1) is 23.3 Å². The summed E-state index contributed by atoms with van der Waals surface area (Å²) in [4.78, 5) is 11.1. The van der Waals surface area contributed by atoms with Gasteiger partial charge in [-0.15, -0.1) is 0 Å². The molecule has 1 N–H and O–H groups in total. The summed E-state index contributed by atoms with van der Waals surface area (Å²) in [7, 11) is 0.843. The molecule has 1 heterocycles. The molecule has 4 nitrogen and oxygen atoms in total. The number of anilines is 1. The number of carbonyl (C=O) groups is 1. The number of hydrogen-bond acceptors (Lipinski definition) is 4. The van der Waals surface area contributed by atoms with Gasteiger partial charge in [0, 0.05) is 6.61 Å². The maximum atomic E-state index is 13.7. The number of methoxy groups -OCH3 is 1. The molecule has 0 spiro atoms. The summed E-state index contributed by atoms with van der Waals surface area (Å²) < 4.78 is 63.9. The predicted octanol–water partition coefficient (Wildman–Crippen LogP) is 2.58. The number of nitrogens with one attached hydrogen (secondary N) is 1. The van der Waals surface area contributed by atoms with Gasteiger partial charge in [0.1, 0.15) is 17.5 Å². The van der Waals surface area contributed by atoms with Crippen LogP contribution in [0.25, 0.3) is 0 Å². The van der Waals surface area contributed by atoms with Crippen LogP contribution in [-0.2, 0) is 9.47 Å². The van der Waals surface area contributed by atoms with E-state index in [9.17, 15) is 22.4 Å². The molecular weight excluding hydrogens is 282 g/mol. The Bertz CT molecular complexity index is 515. The van der Waals surface area contributed by atoms with E-state index >= 15 is 0 Å². The fourth-order valence-electron chi connectivity index (χ4n) is 1.89. The van der Waals surface area contributed by atoms with Gasteiger partial charge in [-0.3, -0.25) is 0 Å². The van der Waals surface area contributed by atoms with E-state index in [-0.39, 0.29) is 0 Å². The first-order valence-electron chi connectivity index (χ1n) is 5.79. The summed E-state index contributed by atoms with van der Waals surface area (Å²) in [6, 6.07) is 0. The number of halogens is 4. The molecule has 1 aliphatic rings. The minimum absolute atomic E-state index is 0.381. The summed E-state index contributed by atoms with van der Waals surface area (Å²) in [6.07, 6.45) is 0.370. The van der Waals surface area contributed by atoms with Crippen LogP contribution < -0.4 is 5.32 Å². The van der Waals surface area contributed by atoms with Crippen molar-refractivity contribution in [2.45, 2.75) is 19.1 Å². The van der Waals surface area contributed by atoms with Crippen LogP contribution in [0.15, 0.2) is 0 Å². The van der Waals surface area contributed by atoms with Gasteiger partial charge in [-0.2, -0.15) is 0 Å². The van der Waals surface area contributed by atoms with E-state index in [1.807, 2.05) is 0 Å². The molecule has 0 radical (unpaired) electrons. The SMILES string of the molecule is COC(=O)c1c(F)c(F)c(NC2CCCO2)c(F)c1F. The first-order valence-corrected chi connectivity index (χ1v) is 5.79. The molecule has 1 saturated heterocycles. The molecule has 1 aliphatic heterocycles. The van der Waals surface area contributed by atoms with Crippen molar-refractivity contribution in [1.82, 2.24) is 0 Å². The first kappa shape index (κ1) is 14.6. The lowest BCUT2D eigenvalue weighted by molar-refractivity contribution is 0.0587. The number of rotatable bonds is 3. The van der Waals surface area contributed by atoms with Crippen molar-refractivity contribution in [1.29, 1.82) is 0 Å². The Hall–Kier alpha value is -1.83. The minimum atomic E-state index is -1.81. The average molecular weight is 293 g/mol. The normalized spacial score (nSPS) is 18.1. The summed E-state index contributed by atoms with van der Waals surface area (Å²) >= 11 is 0. The first-order chi connectivity index (χ1) is 9.47. The van der Waals surface area contributed by atoms with Crippen molar-refractivity contribution in [2.75, 3.05) is 19.0 Å². The maximum absolute atomic E-state index is 13.7. The van der Waals surface area contributed by atoms with Gasteiger partial charge in [0.25, 0.3) is 0 Å². The van der Waals surface area contributed by atoms with E-state index in [4.69, 9.17) is 4.74 Å². The van der Waals surface area contributed by atoms with E-state index in [1.165, 1.54) is 0 Å². The van der Waals surface area contributed by atoms with Crippen LogP contribution in [0.3, 0.4) is 0 Å². The molecule has 1 fully saturated rings. The fraction of sp³-hybridized carbons (Fsp3) is 0.417. The number of carbonyl (C=O) groups excluding carboxylic acids is 1. The zero-order valence-electron chi connectivity index (χ0n) is 10.4. The molecule has 1 atom stereocenters. The van der Waals surface area contributed by atoms with E-state index < -0.39 is 46.7 Å². The summed E-state index contributed by atoms with van der Waals surface area (Å²) in [5.41, 5.74) is -2.40. The van der Waals surface area contributed by atoms with Crippen LogP contribution in [0.2, 0.25) is 0 Å². The topological polar surface area (TPSA) is 47.6 Å². The third-order valence-corrected chi connectivity index (χ3v) is 2.89. The molecule has 0 amide bonds. The lowest BCUT2D eigenvalue weighted by Gasteiger charge is -2.16. The Labute approximate surface area is 111 Å². The molecule has 0 aromatic heterocycles. The van der Waals surface area contributed by atoms with Gasteiger partial charge in [-0.25, -0.2) is 22.4 Å². The number of benzene rings is 1. The second-order valence-corrected chi connectivity index (χ2v) is 4.14. The smallest absolute Gasteiger partial charge is 0.344 e. The Morgan fingerprint density at radius 1 is 1.20 bits per heavy atom. The zero-order valence-corrected chi connectivity index (χ0v) is 10.4. The van der Waals surface area contributed by atoms with Crippen molar-refractivity contribution in [3.63, 3.8) is 0 Å². The lowest BCUT2D eigenvalue weighted by Crippen LogP contribution is -2.22. The van der Waals surface area contributed by atoms with E-state index in [0.717, 1.165) is 7.11 Å². The monoisotopic (exact) mass is 293 g/mol. The maximum Gasteiger partial charge on any atom is 0.344 e. The molecule has 0 saturated carbocycles. The van der Waals surface area contributed by atoms with E-state index in [0.29, 0.717) is 19.4 Å².